The first kappa shape index (κ1) is 14.5. The van der Waals surface area contributed by atoms with E-state index in [9.17, 15) is 14.9 Å². The minimum absolute atomic E-state index is 0.0108. The van der Waals surface area contributed by atoms with Gasteiger partial charge >= 0.3 is 0 Å². The highest BCUT2D eigenvalue weighted by Crippen LogP contribution is 2.20. The van der Waals surface area contributed by atoms with Crippen molar-refractivity contribution in [2.75, 3.05) is 13.1 Å². The highest BCUT2D eigenvalue weighted by atomic mass is 16.6. The summed E-state index contributed by atoms with van der Waals surface area (Å²) in [4.78, 5) is 24.7. The lowest BCUT2D eigenvalue weighted by Gasteiger charge is -2.38. The lowest BCUT2D eigenvalue weighted by molar-refractivity contribution is -0.385. The molecule has 1 fully saturated rings. The number of hydrogen-bond acceptors (Lipinski definition) is 4. The van der Waals surface area contributed by atoms with Gasteiger partial charge in [-0.3, -0.25) is 14.9 Å². The quantitative estimate of drug-likeness (QED) is 0.668. The van der Waals surface area contributed by atoms with Crippen LogP contribution >= 0.6 is 0 Å². The summed E-state index contributed by atoms with van der Waals surface area (Å²) < 4.78 is 0. The topological polar surface area (TPSA) is 75.5 Å². The van der Waals surface area contributed by atoms with Gasteiger partial charge in [-0.05, 0) is 13.8 Å². The Bertz CT molecular complexity index is 518. The fraction of sp³-hybridized carbons (Fsp3) is 0.500. The highest BCUT2D eigenvalue weighted by molar-refractivity contribution is 5.80. The molecule has 0 radical (unpaired) electrons. The van der Waals surface area contributed by atoms with Crippen LogP contribution in [0.3, 0.4) is 0 Å². The van der Waals surface area contributed by atoms with Gasteiger partial charge in [0.25, 0.3) is 5.69 Å². The zero-order chi connectivity index (χ0) is 14.7. The maximum Gasteiger partial charge on any atom is 0.273 e. The largest absolute Gasteiger partial charge is 0.337 e. The molecule has 1 aliphatic rings. The van der Waals surface area contributed by atoms with E-state index in [0.29, 0.717) is 12.1 Å². The Morgan fingerprint density at radius 1 is 1.45 bits per heavy atom. The van der Waals surface area contributed by atoms with Crippen LogP contribution in [-0.4, -0.2) is 40.9 Å². The molecule has 1 aliphatic heterocycles. The van der Waals surface area contributed by atoms with Gasteiger partial charge < -0.3 is 10.2 Å². The number of carbonyl (C=O) groups is 1. The molecule has 0 bridgehead atoms. The van der Waals surface area contributed by atoms with Gasteiger partial charge in [-0.15, -0.1) is 0 Å². The number of para-hydroxylation sites is 1. The van der Waals surface area contributed by atoms with Gasteiger partial charge in [0, 0.05) is 36.8 Å². The van der Waals surface area contributed by atoms with E-state index in [0.717, 1.165) is 6.54 Å². The molecule has 6 nitrogen and oxygen atoms in total. The van der Waals surface area contributed by atoms with Crippen LogP contribution in [0.4, 0.5) is 5.69 Å². The molecule has 1 N–H and O–H groups in total. The second-order valence-corrected chi connectivity index (χ2v) is 5.13. The predicted molar refractivity (Wildman–Crippen MR) is 75.4 cm³/mol. The van der Waals surface area contributed by atoms with Gasteiger partial charge in [0.05, 0.1) is 11.3 Å². The van der Waals surface area contributed by atoms with E-state index < -0.39 is 4.92 Å². The molecule has 20 heavy (non-hydrogen) atoms. The maximum absolute atomic E-state index is 12.4. The molecule has 0 saturated carbocycles. The van der Waals surface area contributed by atoms with Gasteiger partial charge in [0.15, 0.2) is 0 Å². The smallest absolute Gasteiger partial charge is 0.273 e. The third-order valence-electron chi connectivity index (χ3n) is 3.88. The van der Waals surface area contributed by atoms with E-state index in [1.807, 2.05) is 13.8 Å². The van der Waals surface area contributed by atoms with Crippen molar-refractivity contribution in [3.05, 3.63) is 39.9 Å². The summed E-state index contributed by atoms with van der Waals surface area (Å²) in [5, 5.41) is 14.3. The maximum atomic E-state index is 12.4. The highest BCUT2D eigenvalue weighted by Gasteiger charge is 2.29. The van der Waals surface area contributed by atoms with Crippen LogP contribution in [-0.2, 0) is 11.2 Å². The van der Waals surface area contributed by atoms with E-state index >= 15 is 0 Å². The molecule has 1 amide bonds. The van der Waals surface area contributed by atoms with Gasteiger partial charge in [-0.1, -0.05) is 18.2 Å². The number of amides is 1. The first-order valence-corrected chi connectivity index (χ1v) is 6.76. The van der Waals surface area contributed by atoms with Crippen molar-refractivity contribution >= 4 is 11.6 Å². The van der Waals surface area contributed by atoms with Crippen LogP contribution in [0.2, 0.25) is 0 Å². The van der Waals surface area contributed by atoms with Crippen LogP contribution in [0.25, 0.3) is 0 Å². The molecule has 1 aromatic carbocycles. The Morgan fingerprint density at radius 2 is 2.15 bits per heavy atom. The van der Waals surface area contributed by atoms with Crippen molar-refractivity contribution in [2.24, 2.45) is 0 Å². The first-order valence-electron chi connectivity index (χ1n) is 6.76. The van der Waals surface area contributed by atoms with Gasteiger partial charge in [0.1, 0.15) is 0 Å². The molecular weight excluding hydrogens is 258 g/mol. The Labute approximate surface area is 117 Å². The lowest BCUT2D eigenvalue weighted by Crippen LogP contribution is -2.57. The zero-order valence-electron chi connectivity index (χ0n) is 11.7. The van der Waals surface area contributed by atoms with Gasteiger partial charge in [0.2, 0.25) is 5.91 Å². The number of carbonyl (C=O) groups excluding carboxylic acids is 1. The molecule has 2 unspecified atom stereocenters. The summed E-state index contributed by atoms with van der Waals surface area (Å²) in [5.41, 5.74) is 0.484. The van der Waals surface area contributed by atoms with Crippen LogP contribution in [0.15, 0.2) is 24.3 Å². The van der Waals surface area contributed by atoms with Gasteiger partial charge in [-0.2, -0.15) is 0 Å². The first-order chi connectivity index (χ1) is 9.50. The normalized spacial score (nSPS) is 22.6. The number of nitro groups is 1. The summed E-state index contributed by atoms with van der Waals surface area (Å²) in [5.74, 6) is -0.0554. The van der Waals surface area contributed by atoms with Crippen LogP contribution in [0.5, 0.6) is 0 Å². The number of piperazine rings is 1. The van der Waals surface area contributed by atoms with Crippen molar-refractivity contribution in [1.29, 1.82) is 0 Å². The van der Waals surface area contributed by atoms with E-state index in [4.69, 9.17) is 0 Å². The Morgan fingerprint density at radius 3 is 2.85 bits per heavy atom. The average molecular weight is 277 g/mol. The van der Waals surface area contributed by atoms with E-state index in [-0.39, 0.29) is 30.1 Å². The molecular formula is C14H19N3O3. The summed E-state index contributed by atoms with van der Waals surface area (Å²) in [6.07, 6.45) is 0.0776. The molecule has 1 saturated heterocycles. The SMILES string of the molecule is CC1NCCN(C(=O)Cc2ccccc2[N+](=O)[O-])C1C. The molecule has 108 valence electrons. The van der Waals surface area contributed by atoms with E-state index in [2.05, 4.69) is 5.32 Å². The third-order valence-corrected chi connectivity index (χ3v) is 3.88. The number of nitro benzene ring substituents is 1. The Hall–Kier alpha value is -1.95. The summed E-state index contributed by atoms with van der Waals surface area (Å²) in [6.45, 7) is 5.43. The van der Waals surface area contributed by atoms with Crippen molar-refractivity contribution in [2.45, 2.75) is 32.4 Å². The van der Waals surface area contributed by atoms with Crippen LogP contribution in [0.1, 0.15) is 19.4 Å². The molecule has 1 aromatic rings. The molecule has 0 aliphatic carbocycles. The third kappa shape index (κ3) is 2.96. The fourth-order valence-electron chi connectivity index (χ4n) is 2.51. The fourth-order valence-corrected chi connectivity index (χ4v) is 2.51. The lowest BCUT2D eigenvalue weighted by atomic mass is 10.0. The Kier molecular flexibility index (Phi) is 4.34. The summed E-state index contributed by atoms with van der Waals surface area (Å²) in [7, 11) is 0. The number of benzene rings is 1. The number of nitrogens with one attached hydrogen (secondary N) is 1. The molecule has 0 aromatic heterocycles. The number of nitrogens with zero attached hydrogens (tertiary/aromatic N) is 2. The van der Waals surface area contributed by atoms with Crippen molar-refractivity contribution in [1.82, 2.24) is 10.2 Å². The molecule has 2 atom stereocenters. The average Bonchev–Trinajstić information content (AvgIpc) is 2.42. The standard InChI is InChI=1S/C14H19N3O3/c1-10-11(2)16(8-7-15-10)14(18)9-12-5-3-4-6-13(12)17(19)20/h3-6,10-11,15H,7-9H2,1-2H3. The Balaban J connectivity index is 2.14. The predicted octanol–water partition coefficient (Wildman–Crippen LogP) is 1.35. The number of hydrogen-bond donors (Lipinski definition) is 1. The van der Waals surface area contributed by atoms with Crippen molar-refractivity contribution in [3.63, 3.8) is 0 Å². The molecule has 2 rings (SSSR count). The summed E-state index contributed by atoms with van der Waals surface area (Å²) in [6, 6.07) is 6.75. The molecule has 0 spiro atoms. The zero-order valence-corrected chi connectivity index (χ0v) is 11.7. The van der Waals surface area contributed by atoms with E-state index in [1.54, 1.807) is 23.1 Å². The summed E-state index contributed by atoms with van der Waals surface area (Å²) >= 11 is 0. The van der Waals surface area contributed by atoms with Crippen LogP contribution in [0, 0.1) is 10.1 Å². The van der Waals surface area contributed by atoms with E-state index in [1.165, 1.54) is 6.07 Å². The van der Waals surface area contributed by atoms with Gasteiger partial charge in [-0.25, -0.2) is 0 Å². The van der Waals surface area contributed by atoms with Crippen LogP contribution < -0.4 is 5.32 Å². The second-order valence-electron chi connectivity index (χ2n) is 5.13. The van der Waals surface area contributed by atoms with Crippen molar-refractivity contribution in [3.8, 4) is 0 Å². The number of rotatable bonds is 3. The molecule has 6 heteroatoms. The molecule has 1 heterocycles. The minimum Gasteiger partial charge on any atom is -0.337 e. The second kappa shape index (κ2) is 6.00. The minimum atomic E-state index is -0.438. The monoisotopic (exact) mass is 277 g/mol. The van der Waals surface area contributed by atoms with Crippen molar-refractivity contribution < 1.29 is 9.72 Å².